The van der Waals surface area contributed by atoms with Gasteiger partial charge in [-0.3, -0.25) is 0 Å². The van der Waals surface area contributed by atoms with Crippen LogP contribution in [0.4, 0.5) is 0 Å². The summed E-state index contributed by atoms with van der Waals surface area (Å²) in [4.78, 5) is 3.16. The van der Waals surface area contributed by atoms with Crippen molar-refractivity contribution in [1.29, 1.82) is 0 Å². The van der Waals surface area contributed by atoms with Gasteiger partial charge in [0, 0.05) is 18.3 Å². The van der Waals surface area contributed by atoms with Crippen LogP contribution in [0.1, 0.15) is 5.56 Å². The first-order valence-corrected chi connectivity index (χ1v) is 3.67. The number of hydrogen-bond donors (Lipinski definition) is 2. The van der Waals surface area contributed by atoms with Gasteiger partial charge in [-0.25, -0.2) is 0 Å². The van der Waals surface area contributed by atoms with E-state index in [0.29, 0.717) is 6.54 Å². The van der Waals surface area contributed by atoms with Crippen molar-refractivity contribution in [2.45, 2.75) is 6.54 Å². The Labute approximate surface area is 77.2 Å². The highest BCUT2D eigenvalue weighted by Crippen LogP contribution is 2.15. The van der Waals surface area contributed by atoms with E-state index in [9.17, 15) is 0 Å². The van der Waals surface area contributed by atoms with Crippen molar-refractivity contribution in [3.63, 3.8) is 0 Å². The lowest BCUT2D eigenvalue weighted by Gasteiger charge is -1.97. The number of aromatic nitrogens is 1. The van der Waals surface area contributed by atoms with Gasteiger partial charge in [-0.05, 0) is 17.0 Å². The second-order valence-corrected chi connectivity index (χ2v) is 2.56. The number of fused-ring (bicyclic) bond motifs is 1. The molecule has 0 radical (unpaired) electrons. The molecule has 0 amide bonds. The number of hydrogen-bond acceptors (Lipinski definition) is 1. The van der Waals surface area contributed by atoms with Crippen LogP contribution in [0.5, 0.6) is 0 Å². The third kappa shape index (κ3) is 1.31. The van der Waals surface area contributed by atoms with Crippen LogP contribution in [0.15, 0.2) is 30.5 Å². The predicted octanol–water partition coefficient (Wildman–Crippen LogP) is 2.05. The van der Waals surface area contributed by atoms with Gasteiger partial charge in [-0.15, -0.1) is 12.4 Å². The van der Waals surface area contributed by atoms with Gasteiger partial charge in [0.15, 0.2) is 0 Å². The van der Waals surface area contributed by atoms with E-state index >= 15 is 0 Å². The minimum absolute atomic E-state index is 0. The molecular weight excluding hydrogens is 172 g/mol. The van der Waals surface area contributed by atoms with Gasteiger partial charge in [0.1, 0.15) is 0 Å². The molecule has 1 aromatic carbocycles. The molecule has 0 aliphatic rings. The van der Waals surface area contributed by atoms with Crippen LogP contribution in [0.2, 0.25) is 0 Å². The van der Waals surface area contributed by atoms with Crippen LogP contribution < -0.4 is 5.73 Å². The number of nitrogens with two attached hydrogens (primary N) is 1. The molecule has 64 valence electrons. The van der Waals surface area contributed by atoms with E-state index in [4.69, 9.17) is 5.73 Å². The van der Waals surface area contributed by atoms with E-state index < -0.39 is 0 Å². The Morgan fingerprint density at radius 2 is 2.08 bits per heavy atom. The zero-order valence-corrected chi connectivity index (χ0v) is 7.40. The molecule has 3 N–H and O–H groups in total. The number of nitrogens with one attached hydrogen (secondary N) is 1. The zero-order chi connectivity index (χ0) is 7.68. The summed E-state index contributed by atoms with van der Waals surface area (Å²) in [5, 5.41) is 1.23. The highest BCUT2D eigenvalue weighted by Gasteiger charge is 1.97. The minimum atomic E-state index is 0. The molecule has 0 atom stereocenters. The highest BCUT2D eigenvalue weighted by atomic mass is 35.5. The predicted molar refractivity (Wildman–Crippen MR) is 53.4 cm³/mol. The Morgan fingerprint density at radius 3 is 2.83 bits per heavy atom. The van der Waals surface area contributed by atoms with Crippen molar-refractivity contribution in [1.82, 2.24) is 4.98 Å². The van der Waals surface area contributed by atoms with Crippen molar-refractivity contribution in [3.8, 4) is 0 Å². The molecule has 2 aromatic rings. The second kappa shape index (κ2) is 3.61. The molecule has 0 spiro atoms. The van der Waals surface area contributed by atoms with Gasteiger partial charge >= 0.3 is 0 Å². The van der Waals surface area contributed by atoms with Crippen molar-refractivity contribution in [2.24, 2.45) is 5.73 Å². The van der Waals surface area contributed by atoms with E-state index in [-0.39, 0.29) is 12.4 Å². The summed E-state index contributed by atoms with van der Waals surface area (Å²) in [6.45, 7) is 0.595. The first-order chi connectivity index (χ1) is 5.42. The monoisotopic (exact) mass is 182 g/mol. The lowest BCUT2D eigenvalue weighted by Crippen LogP contribution is -1.96. The van der Waals surface area contributed by atoms with E-state index in [0.717, 1.165) is 5.52 Å². The summed E-state index contributed by atoms with van der Waals surface area (Å²) in [6, 6.07) is 8.19. The van der Waals surface area contributed by atoms with Crippen molar-refractivity contribution in [2.75, 3.05) is 0 Å². The second-order valence-electron chi connectivity index (χ2n) is 2.56. The SMILES string of the molecule is Cl.NCc1cccc2cc[nH]c12. The van der Waals surface area contributed by atoms with Gasteiger partial charge in [0.2, 0.25) is 0 Å². The van der Waals surface area contributed by atoms with Gasteiger partial charge in [-0.1, -0.05) is 18.2 Å². The Balaban J connectivity index is 0.000000720. The molecule has 12 heavy (non-hydrogen) atoms. The number of rotatable bonds is 1. The first-order valence-electron chi connectivity index (χ1n) is 3.67. The fourth-order valence-corrected chi connectivity index (χ4v) is 1.32. The third-order valence-electron chi connectivity index (χ3n) is 1.89. The molecule has 0 saturated heterocycles. The Hall–Kier alpha value is -0.990. The molecule has 0 bridgehead atoms. The molecular formula is C9H11ClN2. The molecule has 1 aromatic heterocycles. The maximum absolute atomic E-state index is 5.56. The summed E-state index contributed by atoms with van der Waals surface area (Å²) >= 11 is 0. The van der Waals surface area contributed by atoms with Gasteiger partial charge in [-0.2, -0.15) is 0 Å². The average molecular weight is 183 g/mol. The number of benzene rings is 1. The van der Waals surface area contributed by atoms with Crippen molar-refractivity contribution >= 4 is 23.3 Å². The smallest absolute Gasteiger partial charge is 0.0499 e. The molecule has 0 fully saturated rings. The molecule has 0 saturated carbocycles. The summed E-state index contributed by atoms with van der Waals surface area (Å²) in [5.74, 6) is 0. The topological polar surface area (TPSA) is 41.8 Å². The number of para-hydroxylation sites is 1. The lowest BCUT2D eigenvalue weighted by molar-refractivity contribution is 1.08. The molecule has 0 unspecified atom stereocenters. The Bertz CT molecular complexity index is 367. The number of halogens is 1. The normalized spacial score (nSPS) is 9.75. The van der Waals surface area contributed by atoms with Gasteiger partial charge in [0.25, 0.3) is 0 Å². The standard InChI is InChI=1S/C9H10N2.ClH/c10-6-8-3-1-2-7-4-5-11-9(7)8;/h1-5,11H,6,10H2;1H. The number of H-pyrrole nitrogens is 1. The van der Waals surface area contributed by atoms with E-state index in [1.54, 1.807) is 0 Å². The van der Waals surface area contributed by atoms with Crippen LogP contribution >= 0.6 is 12.4 Å². The highest BCUT2D eigenvalue weighted by molar-refractivity contribution is 5.85. The van der Waals surface area contributed by atoms with Crippen molar-refractivity contribution < 1.29 is 0 Å². The summed E-state index contributed by atoms with van der Waals surface area (Å²) < 4.78 is 0. The lowest BCUT2D eigenvalue weighted by atomic mass is 10.1. The van der Waals surface area contributed by atoms with Crippen LogP contribution in [0.3, 0.4) is 0 Å². The molecule has 0 aliphatic carbocycles. The zero-order valence-electron chi connectivity index (χ0n) is 6.58. The first kappa shape index (κ1) is 9.10. The fraction of sp³-hybridized carbons (Fsp3) is 0.111. The summed E-state index contributed by atoms with van der Waals surface area (Å²) in [6.07, 6.45) is 1.93. The molecule has 1 heterocycles. The Morgan fingerprint density at radius 1 is 1.25 bits per heavy atom. The maximum Gasteiger partial charge on any atom is 0.0499 e. The van der Waals surface area contributed by atoms with Crippen LogP contribution in [-0.2, 0) is 6.54 Å². The largest absolute Gasteiger partial charge is 0.361 e. The summed E-state index contributed by atoms with van der Waals surface area (Å²) in [5.41, 5.74) is 7.89. The minimum Gasteiger partial charge on any atom is -0.361 e. The van der Waals surface area contributed by atoms with Crippen LogP contribution in [0.25, 0.3) is 10.9 Å². The van der Waals surface area contributed by atoms with E-state index in [2.05, 4.69) is 17.1 Å². The van der Waals surface area contributed by atoms with Crippen LogP contribution in [-0.4, -0.2) is 4.98 Å². The average Bonchev–Trinajstić information content (AvgIpc) is 2.50. The quantitative estimate of drug-likeness (QED) is 0.697. The van der Waals surface area contributed by atoms with Crippen molar-refractivity contribution in [3.05, 3.63) is 36.0 Å². The Kier molecular flexibility index (Phi) is 2.74. The summed E-state index contributed by atoms with van der Waals surface area (Å²) in [7, 11) is 0. The van der Waals surface area contributed by atoms with Gasteiger partial charge < -0.3 is 10.7 Å². The number of aromatic amines is 1. The third-order valence-corrected chi connectivity index (χ3v) is 1.89. The fourth-order valence-electron chi connectivity index (χ4n) is 1.32. The molecule has 2 rings (SSSR count). The molecule has 2 nitrogen and oxygen atoms in total. The van der Waals surface area contributed by atoms with Gasteiger partial charge in [0.05, 0.1) is 0 Å². The molecule has 3 heteroatoms. The molecule has 0 aliphatic heterocycles. The maximum atomic E-state index is 5.56. The van der Waals surface area contributed by atoms with Crippen LogP contribution in [0, 0.1) is 0 Å². The van der Waals surface area contributed by atoms with E-state index in [1.165, 1.54) is 10.9 Å². The van der Waals surface area contributed by atoms with E-state index in [1.807, 2.05) is 18.3 Å².